The third kappa shape index (κ3) is 2.67. The van der Waals surface area contributed by atoms with Gasteiger partial charge in [0, 0.05) is 13.1 Å². The van der Waals surface area contributed by atoms with Gasteiger partial charge in [-0.2, -0.15) is 9.40 Å². The Balaban J connectivity index is 2.12. The van der Waals surface area contributed by atoms with Crippen LogP contribution >= 0.6 is 0 Å². The minimum absolute atomic E-state index is 0.172. The largest absolute Gasteiger partial charge is 0.330 e. The lowest BCUT2D eigenvalue weighted by molar-refractivity contribution is 0.257. The predicted molar refractivity (Wildman–Crippen MR) is 63.7 cm³/mol. The molecule has 1 atom stereocenters. The molecule has 2 rings (SSSR count). The summed E-state index contributed by atoms with van der Waals surface area (Å²) in [5, 5.41) is 6.38. The van der Waals surface area contributed by atoms with Crippen LogP contribution in [0.1, 0.15) is 19.3 Å². The van der Waals surface area contributed by atoms with E-state index in [-0.39, 0.29) is 5.03 Å². The van der Waals surface area contributed by atoms with Crippen molar-refractivity contribution in [2.45, 2.75) is 24.3 Å². The first-order valence-electron chi connectivity index (χ1n) is 5.84. The monoisotopic (exact) mass is 258 g/mol. The number of hydrogen-bond acceptors (Lipinski definition) is 4. The molecule has 2 heterocycles. The molecule has 7 heteroatoms. The number of nitrogens with two attached hydrogens (primary N) is 1. The zero-order valence-corrected chi connectivity index (χ0v) is 10.5. The molecular formula is C10H18N4O2S. The fourth-order valence-corrected chi connectivity index (χ4v) is 3.70. The molecule has 17 heavy (non-hydrogen) atoms. The molecule has 1 aromatic heterocycles. The molecule has 1 unspecified atom stereocenters. The Morgan fingerprint density at radius 3 is 3.06 bits per heavy atom. The maximum absolute atomic E-state index is 12.2. The number of sulfonamides is 1. The van der Waals surface area contributed by atoms with E-state index in [2.05, 4.69) is 10.2 Å². The second-order valence-electron chi connectivity index (χ2n) is 4.37. The molecule has 1 aliphatic rings. The molecule has 6 nitrogen and oxygen atoms in total. The highest BCUT2D eigenvalue weighted by atomic mass is 32.2. The van der Waals surface area contributed by atoms with E-state index in [4.69, 9.17) is 5.73 Å². The van der Waals surface area contributed by atoms with Gasteiger partial charge in [0.05, 0.1) is 6.20 Å². The molecule has 0 spiro atoms. The first-order chi connectivity index (χ1) is 8.14. The van der Waals surface area contributed by atoms with Crippen LogP contribution in [-0.4, -0.2) is 42.6 Å². The normalized spacial score (nSPS) is 22.8. The van der Waals surface area contributed by atoms with E-state index < -0.39 is 10.0 Å². The number of nitrogens with zero attached hydrogens (tertiary/aromatic N) is 2. The molecule has 0 aromatic carbocycles. The van der Waals surface area contributed by atoms with Crippen LogP contribution in [-0.2, 0) is 10.0 Å². The van der Waals surface area contributed by atoms with Crippen LogP contribution in [0.15, 0.2) is 17.3 Å². The molecule has 0 saturated carbocycles. The summed E-state index contributed by atoms with van der Waals surface area (Å²) < 4.78 is 26.0. The van der Waals surface area contributed by atoms with E-state index >= 15 is 0 Å². The highest BCUT2D eigenvalue weighted by molar-refractivity contribution is 7.89. The van der Waals surface area contributed by atoms with Gasteiger partial charge < -0.3 is 5.73 Å². The van der Waals surface area contributed by atoms with E-state index in [1.165, 1.54) is 16.6 Å². The Hall–Kier alpha value is -0.920. The molecule has 0 bridgehead atoms. The maximum atomic E-state index is 12.2. The fourth-order valence-electron chi connectivity index (χ4n) is 2.24. The van der Waals surface area contributed by atoms with Gasteiger partial charge in [0.15, 0.2) is 5.03 Å². The van der Waals surface area contributed by atoms with Crippen molar-refractivity contribution >= 4 is 10.0 Å². The van der Waals surface area contributed by atoms with Crippen LogP contribution < -0.4 is 5.73 Å². The molecule has 0 radical (unpaired) electrons. The summed E-state index contributed by atoms with van der Waals surface area (Å²) >= 11 is 0. The lowest BCUT2D eigenvalue weighted by Gasteiger charge is -2.31. The van der Waals surface area contributed by atoms with Gasteiger partial charge in [-0.3, -0.25) is 5.10 Å². The minimum atomic E-state index is -3.40. The van der Waals surface area contributed by atoms with E-state index in [9.17, 15) is 8.42 Å². The number of nitrogens with one attached hydrogen (secondary N) is 1. The van der Waals surface area contributed by atoms with Crippen LogP contribution in [0.25, 0.3) is 0 Å². The van der Waals surface area contributed by atoms with Crippen molar-refractivity contribution in [1.29, 1.82) is 0 Å². The van der Waals surface area contributed by atoms with Crippen molar-refractivity contribution in [3.63, 3.8) is 0 Å². The van der Waals surface area contributed by atoms with Gasteiger partial charge in [-0.1, -0.05) is 0 Å². The molecule has 0 amide bonds. The van der Waals surface area contributed by atoms with Gasteiger partial charge in [0.1, 0.15) is 0 Å². The van der Waals surface area contributed by atoms with Crippen molar-refractivity contribution in [2.24, 2.45) is 11.7 Å². The first-order valence-corrected chi connectivity index (χ1v) is 7.28. The molecule has 1 saturated heterocycles. The summed E-state index contributed by atoms with van der Waals surface area (Å²) in [6.07, 6.45) is 4.30. The summed E-state index contributed by atoms with van der Waals surface area (Å²) in [6, 6.07) is 1.49. The third-order valence-corrected chi connectivity index (χ3v) is 4.94. The molecule has 1 aromatic rings. The topological polar surface area (TPSA) is 92.1 Å². The van der Waals surface area contributed by atoms with Crippen LogP contribution in [0, 0.1) is 5.92 Å². The average Bonchev–Trinajstić information content (AvgIpc) is 2.84. The minimum Gasteiger partial charge on any atom is -0.330 e. The second-order valence-corrected chi connectivity index (χ2v) is 6.28. The van der Waals surface area contributed by atoms with Gasteiger partial charge in [-0.25, -0.2) is 8.42 Å². The summed E-state index contributed by atoms with van der Waals surface area (Å²) in [4.78, 5) is 0. The van der Waals surface area contributed by atoms with Gasteiger partial charge in [-0.05, 0) is 37.8 Å². The molecular weight excluding hydrogens is 240 g/mol. The van der Waals surface area contributed by atoms with Gasteiger partial charge in [0.2, 0.25) is 0 Å². The summed E-state index contributed by atoms with van der Waals surface area (Å²) in [5.41, 5.74) is 5.52. The number of aromatic amines is 1. The average molecular weight is 258 g/mol. The maximum Gasteiger partial charge on any atom is 0.259 e. The smallest absolute Gasteiger partial charge is 0.259 e. The molecule has 96 valence electrons. The quantitative estimate of drug-likeness (QED) is 0.804. The summed E-state index contributed by atoms with van der Waals surface area (Å²) in [7, 11) is -3.40. The number of H-pyrrole nitrogens is 1. The highest BCUT2D eigenvalue weighted by Gasteiger charge is 2.30. The second kappa shape index (κ2) is 5.16. The molecule has 1 aliphatic heterocycles. The van der Waals surface area contributed by atoms with Gasteiger partial charge in [0.25, 0.3) is 10.0 Å². The van der Waals surface area contributed by atoms with Crippen LogP contribution in [0.2, 0.25) is 0 Å². The highest BCUT2D eigenvalue weighted by Crippen LogP contribution is 2.24. The SMILES string of the molecule is NCCC1CCCN(S(=O)(=O)c2ccn[nH]2)C1. The number of aromatic nitrogens is 2. The van der Waals surface area contributed by atoms with Crippen molar-refractivity contribution < 1.29 is 8.42 Å². The molecule has 3 N–H and O–H groups in total. The van der Waals surface area contributed by atoms with Crippen molar-refractivity contribution in [3.8, 4) is 0 Å². The molecule has 1 fully saturated rings. The van der Waals surface area contributed by atoms with Gasteiger partial charge >= 0.3 is 0 Å². The van der Waals surface area contributed by atoms with Gasteiger partial charge in [-0.15, -0.1) is 0 Å². The number of piperidine rings is 1. The lowest BCUT2D eigenvalue weighted by Crippen LogP contribution is -2.40. The first kappa shape index (κ1) is 12.5. The third-order valence-electron chi connectivity index (χ3n) is 3.15. The van der Waals surface area contributed by atoms with Crippen LogP contribution in [0.4, 0.5) is 0 Å². The summed E-state index contributed by atoms with van der Waals surface area (Å²) in [6.45, 7) is 1.77. The Kier molecular flexibility index (Phi) is 3.80. The Labute approximate surface area is 101 Å². The van der Waals surface area contributed by atoms with E-state index in [0.29, 0.717) is 25.6 Å². The lowest BCUT2D eigenvalue weighted by atomic mass is 9.96. The fraction of sp³-hybridized carbons (Fsp3) is 0.700. The zero-order valence-electron chi connectivity index (χ0n) is 9.67. The Morgan fingerprint density at radius 2 is 2.41 bits per heavy atom. The summed E-state index contributed by atoms with van der Waals surface area (Å²) in [5.74, 6) is 0.381. The van der Waals surface area contributed by atoms with E-state index in [1.54, 1.807) is 0 Å². The van der Waals surface area contributed by atoms with E-state index in [0.717, 1.165) is 19.3 Å². The number of rotatable bonds is 4. The predicted octanol–water partition coefficient (Wildman–Crippen LogP) is 0.159. The number of hydrogen-bond donors (Lipinski definition) is 2. The van der Waals surface area contributed by atoms with Crippen molar-refractivity contribution in [1.82, 2.24) is 14.5 Å². The zero-order chi connectivity index (χ0) is 12.3. The Bertz CT molecular complexity index is 441. The standard InChI is InChI=1S/C10H18N4O2S/c11-5-3-9-2-1-7-14(8-9)17(15,16)10-4-6-12-13-10/h4,6,9H,1-3,5,7-8,11H2,(H,12,13). The van der Waals surface area contributed by atoms with Crippen molar-refractivity contribution in [2.75, 3.05) is 19.6 Å². The van der Waals surface area contributed by atoms with Crippen molar-refractivity contribution in [3.05, 3.63) is 12.3 Å². The molecule has 0 aliphatic carbocycles. The Morgan fingerprint density at radius 1 is 1.59 bits per heavy atom. The van der Waals surface area contributed by atoms with Crippen LogP contribution in [0.5, 0.6) is 0 Å². The van der Waals surface area contributed by atoms with Crippen LogP contribution in [0.3, 0.4) is 0 Å². The van der Waals surface area contributed by atoms with E-state index in [1.807, 2.05) is 0 Å².